The van der Waals surface area contributed by atoms with Gasteiger partial charge in [0.05, 0.1) is 23.1 Å². The monoisotopic (exact) mass is 376 g/mol. The number of aryl methyl sites for hydroxylation is 1. The summed E-state index contributed by atoms with van der Waals surface area (Å²) in [6, 6.07) is 12.2. The standard InChI is InChI=1S/C20H19F3N2O2/c1-2-12-7-3-5-9-16(12)24-18(26)13-11-14(13)19(27)25-17-10-6-4-8-15(17)20(21,22)23/h3-10,13-14H,2,11H2,1H3,(H,24,26)(H,25,27). The number of hydrogen-bond acceptors (Lipinski definition) is 2. The molecule has 0 heterocycles. The highest BCUT2D eigenvalue weighted by Crippen LogP contribution is 2.41. The summed E-state index contributed by atoms with van der Waals surface area (Å²) in [5, 5.41) is 5.12. The van der Waals surface area contributed by atoms with E-state index in [1.807, 2.05) is 19.1 Å². The highest BCUT2D eigenvalue weighted by atomic mass is 19.4. The Kier molecular flexibility index (Phi) is 5.21. The highest BCUT2D eigenvalue weighted by molar-refractivity contribution is 6.03. The molecule has 142 valence electrons. The van der Waals surface area contributed by atoms with Gasteiger partial charge in [0, 0.05) is 5.69 Å². The lowest BCUT2D eigenvalue weighted by molar-refractivity contribution is -0.137. The minimum Gasteiger partial charge on any atom is -0.326 e. The average Bonchev–Trinajstić information content (AvgIpc) is 3.43. The summed E-state index contributed by atoms with van der Waals surface area (Å²) in [5.74, 6) is -2.02. The van der Waals surface area contributed by atoms with Crippen LogP contribution in [-0.2, 0) is 22.2 Å². The maximum absolute atomic E-state index is 13.0. The topological polar surface area (TPSA) is 58.2 Å². The molecule has 7 heteroatoms. The van der Waals surface area contributed by atoms with Gasteiger partial charge in [-0.25, -0.2) is 0 Å². The van der Waals surface area contributed by atoms with Crippen LogP contribution in [-0.4, -0.2) is 11.8 Å². The van der Waals surface area contributed by atoms with E-state index in [1.165, 1.54) is 18.2 Å². The number of nitrogens with one attached hydrogen (secondary N) is 2. The number of para-hydroxylation sites is 2. The molecule has 2 atom stereocenters. The lowest BCUT2D eigenvalue weighted by Gasteiger charge is -2.13. The molecule has 2 aromatic rings. The Morgan fingerprint density at radius 3 is 2.04 bits per heavy atom. The first-order chi connectivity index (χ1) is 12.8. The SMILES string of the molecule is CCc1ccccc1NC(=O)C1CC1C(=O)Nc1ccccc1C(F)(F)F. The van der Waals surface area contributed by atoms with Crippen LogP contribution in [0.1, 0.15) is 24.5 Å². The van der Waals surface area contributed by atoms with Crippen molar-refractivity contribution in [3.05, 3.63) is 59.7 Å². The lowest BCUT2D eigenvalue weighted by Crippen LogP contribution is -2.22. The van der Waals surface area contributed by atoms with Crippen LogP contribution in [0.3, 0.4) is 0 Å². The summed E-state index contributed by atoms with van der Waals surface area (Å²) in [5.41, 5.74) is 0.472. The van der Waals surface area contributed by atoms with Crippen LogP contribution in [0.4, 0.5) is 24.5 Å². The number of hydrogen-bond donors (Lipinski definition) is 2. The maximum Gasteiger partial charge on any atom is 0.418 e. The fourth-order valence-corrected chi connectivity index (χ4v) is 3.02. The van der Waals surface area contributed by atoms with Gasteiger partial charge in [-0.15, -0.1) is 0 Å². The molecule has 0 spiro atoms. The number of amides is 2. The molecule has 1 saturated carbocycles. The van der Waals surface area contributed by atoms with Crippen molar-refractivity contribution in [3.8, 4) is 0 Å². The molecular formula is C20H19F3N2O2. The van der Waals surface area contributed by atoms with Crippen molar-refractivity contribution >= 4 is 23.2 Å². The van der Waals surface area contributed by atoms with Crippen LogP contribution in [0, 0.1) is 11.8 Å². The predicted molar refractivity (Wildman–Crippen MR) is 96.1 cm³/mol. The normalized spacial score (nSPS) is 18.7. The number of carbonyl (C=O) groups excluding carboxylic acids is 2. The Labute approximate surface area is 154 Å². The van der Waals surface area contributed by atoms with Crippen molar-refractivity contribution in [2.75, 3.05) is 10.6 Å². The molecule has 2 unspecified atom stereocenters. The van der Waals surface area contributed by atoms with E-state index in [4.69, 9.17) is 0 Å². The number of carbonyl (C=O) groups is 2. The van der Waals surface area contributed by atoms with Gasteiger partial charge in [-0.1, -0.05) is 37.3 Å². The smallest absolute Gasteiger partial charge is 0.326 e. The van der Waals surface area contributed by atoms with Gasteiger partial charge in [0.2, 0.25) is 11.8 Å². The van der Waals surface area contributed by atoms with E-state index < -0.39 is 29.5 Å². The predicted octanol–water partition coefficient (Wildman–Crippen LogP) is 4.48. The second kappa shape index (κ2) is 7.42. The molecule has 1 aliphatic carbocycles. The summed E-state index contributed by atoms with van der Waals surface area (Å²) in [4.78, 5) is 24.7. The summed E-state index contributed by atoms with van der Waals surface area (Å²) >= 11 is 0. The zero-order chi connectivity index (χ0) is 19.6. The summed E-state index contributed by atoms with van der Waals surface area (Å²) in [7, 11) is 0. The molecule has 0 radical (unpaired) electrons. The van der Waals surface area contributed by atoms with Crippen molar-refractivity contribution in [3.63, 3.8) is 0 Å². The number of rotatable bonds is 5. The van der Waals surface area contributed by atoms with Crippen LogP contribution < -0.4 is 10.6 Å². The quantitative estimate of drug-likeness (QED) is 0.808. The molecule has 4 nitrogen and oxygen atoms in total. The van der Waals surface area contributed by atoms with Crippen molar-refractivity contribution in [2.45, 2.75) is 25.9 Å². The van der Waals surface area contributed by atoms with Crippen LogP contribution in [0.25, 0.3) is 0 Å². The Hall–Kier alpha value is -2.83. The first-order valence-corrected chi connectivity index (χ1v) is 8.67. The molecule has 1 fully saturated rings. The average molecular weight is 376 g/mol. The van der Waals surface area contributed by atoms with E-state index >= 15 is 0 Å². The zero-order valence-electron chi connectivity index (χ0n) is 14.6. The van der Waals surface area contributed by atoms with Gasteiger partial charge in [-0.05, 0) is 36.6 Å². The third-order valence-corrected chi connectivity index (χ3v) is 4.61. The van der Waals surface area contributed by atoms with Gasteiger partial charge in [0.15, 0.2) is 0 Å². The van der Waals surface area contributed by atoms with E-state index in [0.717, 1.165) is 18.1 Å². The minimum absolute atomic E-state index is 0.292. The molecule has 0 saturated heterocycles. The second-order valence-corrected chi connectivity index (χ2v) is 6.48. The van der Waals surface area contributed by atoms with Crippen LogP contribution in [0.2, 0.25) is 0 Å². The molecule has 2 amide bonds. The van der Waals surface area contributed by atoms with Gasteiger partial charge < -0.3 is 10.6 Å². The molecule has 0 aromatic heterocycles. The van der Waals surface area contributed by atoms with Gasteiger partial charge in [-0.2, -0.15) is 13.2 Å². The first kappa shape index (κ1) is 18.9. The van der Waals surface area contributed by atoms with Gasteiger partial charge >= 0.3 is 6.18 Å². The fraction of sp³-hybridized carbons (Fsp3) is 0.300. The minimum atomic E-state index is -4.56. The number of halogens is 3. The number of anilines is 2. The zero-order valence-corrected chi connectivity index (χ0v) is 14.6. The van der Waals surface area contributed by atoms with E-state index in [-0.39, 0.29) is 11.6 Å². The van der Waals surface area contributed by atoms with E-state index in [1.54, 1.807) is 12.1 Å². The fourth-order valence-electron chi connectivity index (χ4n) is 3.02. The molecule has 0 aliphatic heterocycles. The summed E-state index contributed by atoms with van der Waals surface area (Å²) in [6.07, 6.45) is -3.49. The number of alkyl halides is 3. The summed E-state index contributed by atoms with van der Waals surface area (Å²) in [6.45, 7) is 1.97. The molecule has 2 N–H and O–H groups in total. The Balaban J connectivity index is 1.64. The Morgan fingerprint density at radius 2 is 1.44 bits per heavy atom. The van der Waals surface area contributed by atoms with Gasteiger partial charge in [0.25, 0.3) is 0 Å². The largest absolute Gasteiger partial charge is 0.418 e. The van der Waals surface area contributed by atoms with Crippen LogP contribution >= 0.6 is 0 Å². The van der Waals surface area contributed by atoms with Crippen molar-refractivity contribution in [1.82, 2.24) is 0 Å². The molecule has 3 rings (SSSR count). The maximum atomic E-state index is 13.0. The molecular weight excluding hydrogens is 357 g/mol. The van der Waals surface area contributed by atoms with Gasteiger partial charge in [-0.3, -0.25) is 9.59 Å². The highest BCUT2D eigenvalue weighted by Gasteiger charge is 2.48. The van der Waals surface area contributed by atoms with E-state index in [2.05, 4.69) is 10.6 Å². The van der Waals surface area contributed by atoms with E-state index in [9.17, 15) is 22.8 Å². The van der Waals surface area contributed by atoms with Gasteiger partial charge in [0.1, 0.15) is 0 Å². The van der Waals surface area contributed by atoms with Crippen molar-refractivity contribution < 1.29 is 22.8 Å². The molecule has 0 bridgehead atoms. The molecule has 2 aromatic carbocycles. The molecule has 1 aliphatic rings. The number of benzene rings is 2. The first-order valence-electron chi connectivity index (χ1n) is 8.67. The van der Waals surface area contributed by atoms with Crippen LogP contribution in [0.5, 0.6) is 0 Å². The summed E-state index contributed by atoms with van der Waals surface area (Å²) < 4.78 is 39.1. The Morgan fingerprint density at radius 1 is 0.926 bits per heavy atom. The van der Waals surface area contributed by atoms with Crippen LogP contribution in [0.15, 0.2) is 48.5 Å². The molecule has 27 heavy (non-hydrogen) atoms. The lowest BCUT2D eigenvalue weighted by atomic mass is 10.1. The van der Waals surface area contributed by atoms with E-state index in [0.29, 0.717) is 12.1 Å². The third-order valence-electron chi connectivity index (χ3n) is 4.61. The van der Waals surface area contributed by atoms with Crippen molar-refractivity contribution in [2.24, 2.45) is 11.8 Å². The third kappa shape index (κ3) is 4.30. The second-order valence-electron chi connectivity index (χ2n) is 6.48. The van der Waals surface area contributed by atoms with Crippen molar-refractivity contribution in [1.29, 1.82) is 0 Å². The Bertz CT molecular complexity index is 864.